The quantitative estimate of drug-likeness (QED) is 0.826. The van der Waals surface area contributed by atoms with Crippen molar-refractivity contribution < 1.29 is 4.42 Å². The average molecular weight is 205 g/mol. The van der Waals surface area contributed by atoms with Crippen LogP contribution < -0.4 is 5.32 Å². The fourth-order valence-corrected chi connectivity index (χ4v) is 1.63. The monoisotopic (exact) mass is 205 g/mol. The predicted octanol–water partition coefficient (Wildman–Crippen LogP) is 1.71. The molecule has 2 aromatic heterocycles. The highest BCUT2D eigenvalue weighted by Gasteiger charge is 2.16. The van der Waals surface area contributed by atoms with Gasteiger partial charge in [0.05, 0.1) is 18.5 Å². The van der Waals surface area contributed by atoms with E-state index >= 15 is 0 Å². The van der Waals surface area contributed by atoms with E-state index in [1.165, 1.54) is 0 Å². The number of nitrogens with zero attached hydrogens (tertiary/aromatic N) is 2. The molecule has 0 bridgehead atoms. The molecule has 0 amide bonds. The predicted molar refractivity (Wildman–Crippen MR) is 57.4 cm³/mol. The van der Waals surface area contributed by atoms with Gasteiger partial charge in [0.1, 0.15) is 5.76 Å². The van der Waals surface area contributed by atoms with Crippen molar-refractivity contribution in [2.24, 2.45) is 7.05 Å². The summed E-state index contributed by atoms with van der Waals surface area (Å²) in [5.41, 5.74) is 1.12. The Morgan fingerprint density at radius 1 is 1.60 bits per heavy atom. The summed E-state index contributed by atoms with van der Waals surface area (Å²) in [7, 11) is 1.91. The van der Waals surface area contributed by atoms with Crippen LogP contribution in [-0.4, -0.2) is 16.3 Å². The van der Waals surface area contributed by atoms with Crippen molar-refractivity contribution in [3.05, 3.63) is 42.1 Å². The fraction of sp³-hybridized carbons (Fsp3) is 0.364. The van der Waals surface area contributed by atoms with E-state index in [-0.39, 0.29) is 6.04 Å². The summed E-state index contributed by atoms with van der Waals surface area (Å²) in [5, 5.41) is 7.53. The number of nitrogens with one attached hydrogen (secondary N) is 1. The van der Waals surface area contributed by atoms with E-state index in [0.29, 0.717) is 0 Å². The zero-order chi connectivity index (χ0) is 10.7. The van der Waals surface area contributed by atoms with Crippen LogP contribution in [0.5, 0.6) is 0 Å². The Labute approximate surface area is 88.9 Å². The fourth-order valence-electron chi connectivity index (χ4n) is 1.63. The van der Waals surface area contributed by atoms with Gasteiger partial charge in [-0.15, -0.1) is 0 Å². The summed E-state index contributed by atoms with van der Waals surface area (Å²) >= 11 is 0. The minimum absolute atomic E-state index is 0.0960. The Morgan fingerprint density at radius 3 is 3.00 bits per heavy atom. The molecule has 0 spiro atoms. The molecular formula is C11H15N3O. The Hall–Kier alpha value is -1.55. The Morgan fingerprint density at radius 2 is 2.47 bits per heavy atom. The SMILES string of the molecule is CCNC(c1cnn(C)c1)c1ccco1. The molecule has 0 saturated heterocycles. The van der Waals surface area contributed by atoms with Crippen molar-refractivity contribution in [1.29, 1.82) is 0 Å². The van der Waals surface area contributed by atoms with Crippen LogP contribution in [0.4, 0.5) is 0 Å². The first-order valence-corrected chi connectivity index (χ1v) is 5.06. The first kappa shape index (κ1) is 9.98. The normalized spacial score (nSPS) is 12.9. The Kier molecular flexibility index (Phi) is 2.87. The lowest BCUT2D eigenvalue weighted by atomic mass is 10.1. The van der Waals surface area contributed by atoms with Crippen molar-refractivity contribution in [2.75, 3.05) is 6.54 Å². The Bertz CT molecular complexity index is 405. The zero-order valence-corrected chi connectivity index (χ0v) is 8.97. The van der Waals surface area contributed by atoms with Crippen molar-refractivity contribution >= 4 is 0 Å². The molecule has 0 saturated carbocycles. The molecule has 2 heterocycles. The van der Waals surface area contributed by atoms with Crippen LogP contribution in [0.1, 0.15) is 24.3 Å². The highest BCUT2D eigenvalue weighted by atomic mass is 16.3. The summed E-state index contributed by atoms with van der Waals surface area (Å²) in [4.78, 5) is 0. The molecule has 2 rings (SSSR count). The number of aromatic nitrogens is 2. The largest absolute Gasteiger partial charge is 0.467 e. The molecule has 0 aromatic carbocycles. The van der Waals surface area contributed by atoms with Gasteiger partial charge in [0.15, 0.2) is 0 Å². The van der Waals surface area contributed by atoms with E-state index in [1.54, 1.807) is 10.9 Å². The van der Waals surface area contributed by atoms with Crippen LogP contribution in [0.3, 0.4) is 0 Å². The lowest BCUT2D eigenvalue weighted by molar-refractivity contribution is 0.452. The van der Waals surface area contributed by atoms with Gasteiger partial charge in [-0.25, -0.2) is 0 Å². The first-order valence-electron chi connectivity index (χ1n) is 5.06. The van der Waals surface area contributed by atoms with Crippen LogP contribution in [-0.2, 0) is 7.05 Å². The summed E-state index contributed by atoms with van der Waals surface area (Å²) in [6, 6.07) is 3.97. The van der Waals surface area contributed by atoms with Gasteiger partial charge < -0.3 is 9.73 Å². The van der Waals surface area contributed by atoms with Gasteiger partial charge in [-0.3, -0.25) is 4.68 Å². The number of rotatable bonds is 4. The number of hydrogen-bond donors (Lipinski definition) is 1. The van der Waals surface area contributed by atoms with Gasteiger partial charge >= 0.3 is 0 Å². The van der Waals surface area contributed by atoms with Crippen molar-refractivity contribution in [1.82, 2.24) is 15.1 Å². The number of hydrogen-bond acceptors (Lipinski definition) is 3. The molecule has 0 aliphatic heterocycles. The average Bonchev–Trinajstić information content (AvgIpc) is 2.85. The van der Waals surface area contributed by atoms with Gasteiger partial charge in [0, 0.05) is 18.8 Å². The number of aryl methyl sites for hydroxylation is 1. The van der Waals surface area contributed by atoms with E-state index in [1.807, 2.05) is 31.6 Å². The van der Waals surface area contributed by atoms with Crippen molar-refractivity contribution in [3.8, 4) is 0 Å². The molecule has 2 aromatic rings. The van der Waals surface area contributed by atoms with E-state index < -0.39 is 0 Å². The first-order chi connectivity index (χ1) is 7.31. The minimum atomic E-state index is 0.0960. The lowest BCUT2D eigenvalue weighted by Crippen LogP contribution is -2.21. The van der Waals surface area contributed by atoms with Gasteiger partial charge in [0.25, 0.3) is 0 Å². The zero-order valence-electron chi connectivity index (χ0n) is 8.97. The van der Waals surface area contributed by atoms with Crippen LogP contribution in [0.25, 0.3) is 0 Å². The van der Waals surface area contributed by atoms with Crippen molar-refractivity contribution in [2.45, 2.75) is 13.0 Å². The maximum atomic E-state index is 5.41. The highest BCUT2D eigenvalue weighted by molar-refractivity contribution is 5.21. The molecule has 15 heavy (non-hydrogen) atoms. The second-order valence-corrected chi connectivity index (χ2v) is 3.45. The third-order valence-electron chi connectivity index (χ3n) is 2.29. The highest BCUT2D eigenvalue weighted by Crippen LogP contribution is 2.21. The molecule has 0 aliphatic rings. The van der Waals surface area contributed by atoms with E-state index in [0.717, 1.165) is 17.9 Å². The minimum Gasteiger partial charge on any atom is -0.467 e. The van der Waals surface area contributed by atoms with Crippen LogP contribution in [0, 0.1) is 0 Å². The second-order valence-electron chi connectivity index (χ2n) is 3.45. The van der Waals surface area contributed by atoms with Gasteiger partial charge in [-0.1, -0.05) is 6.92 Å². The van der Waals surface area contributed by atoms with Gasteiger partial charge in [-0.05, 0) is 18.7 Å². The standard InChI is InChI=1S/C11H15N3O/c1-3-12-11(10-5-4-6-15-10)9-7-13-14(2)8-9/h4-8,11-12H,3H2,1-2H3. The Balaban J connectivity index is 2.27. The second kappa shape index (κ2) is 4.31. The third-order valence-corrected chi connectivity index (χ3v) is 2.29. The van der Waals surface area contributed by atoms with Gasteiger partial charge in [-0.2, -0.15) is 5.10 Å². The molecule has 0 radical (unpaired) electrons. The molecule has 1 N–H and O–H groups in total. The number of furan rings is 1. The van der Waals surface area contributed by atoms with E-state index in [4.69, 9.17) is 4.42 Å². The molecule has 4 nitrogen and oxygen atoms in total. The smallest absolute Gasteiger partial charge is 0.125 e. The third kappa shape index (κ3) is 2.10. The van der Waals surface area contributed by atoms with Crippen LogP contribution >= 0.6 is 0 Å². The van der Waals surface area contributed by atoms with E-state index in [9.17, 15) is 0 Å². The molecule has 4 heteroatoms. The molecule has 0 fully saturated rings. The molecule has 1 unspecified atom stereocenters. The summed E-state index contributed by atoms with van der Waals surface area (Å²) < 4.78 is 7.21. The molecule has 0 aliphatic carbocycles. The van der Waals surface area contributed by atoms with Crippen molar-refractivity contribution in [3.63, 3.8) is 0 Å². The van der Waals surface area contributed by atoms with Crippen LogP contribution in [0.15, 0.2) is 35.2 Å². The molecule has 1 atom stereocenters. The molecular weight excluding hydrogens is 190 g/mol. The summed E-state index contributed by atoms with van der Waals surface area (Å²) in [6.45, 7) is 2.96. The summed E-state index contributed by atoms with van der Waals surface area (Å²) in [5.74, 6) is 0.921. The lowest BCUT2D eigenvalue weighted by Gasteiger charge is -2.13. The van der Waals surface area contributed by atoms with Crippen LogP contribution in [0.2, 0.25) is 0 Å². The van der Waals surface area contributed by atoms with Gasteiger partial charge in [0.2, 0.25) is 0 Å². The maximum absolute atomic E-state index is 5.41. The van der Waals surface area contributed by atoms with E-state index in [2.05, 4.69) is 17.3 Å². The maximum Gasteiger partial charge on any atom is 0.125 e. The molecule has 80 valence electrons. The summed E-state index contributed by atoms with van der Waals surface area (Å²) in [6.07, 6.45) is 5.54. The topological polar surface area (TPSA) is 43.0 Å².